The summed E-state index contributed by atoms with van der Waals surface area (Å²) in [5, 5.41) is 5.66. The zero-order valence-electron chi connectivity index (χ0n) is 15.1. The lowest BCUT2D eigenvalue weighted by Crippen LogP contribution is -2.30. The van der Waals surface area contributed by atoms with E-state index in [0.29, 0.717) is 28.4 Å². The first-order valence-electron chi connectivity index (χ1n) is 8.76. The van der Waals surface area contributed by atoms with Crippen molar-refractivity contribution in [2.45, 2.75) is 6.10 Å². The minimum absolute atomic E-state index is 0.257. The van der Waals surface area contributed by atoms with Crippen molar-refractivity contribution in [3.8, 4) is 11.5 Å². The number of hydrogen-bond acceptors (Lipinski definition) is 4. The molecule has 3 aromatic rings. The third-order valence-electron chi connectivity index (χ3n) is 4.43. The molecule has 1 aliphatic rings. The van der Waals surface area contributed by atoms with E-state index in [1.807, 2.05) is 30.3 Å². The van der Waals surface area contributed by atoms with Crippen molar-refractivity contribution in [2.75, 3.05) is 17.7 Å². The van der Waals surface area contributed by atoms with Crippen LogP contribution in [0.3, 0.4) is 0 Å². The first-order valence-corrected chi connectivity index (χ1v) is 8.76. The molecule has 1 atom stereocenters. The highest BCUT2D eigenvalue weighted by Gasteiger charge is 2.29. The number of nitrogens with one attached hydrogen (secondary N) is 2. The minimum Gasteiger partial charge on any atom is -0.496 e. The SMILES string of the molecule is COc1ccccc1C(=O)Nc1ccc2c(c1)NC(=O)C(c1ccccc1)O2. The van der Waals surface area contributed by atoms with Crippen LogP contribution in [-0.2, 0) is 4.79 Å². The van der Waals surface area contributed by atoms with Crippen molar-refractivity contribution < 1.29 is 19.1 Å². The largest absolute Gasteiger partial charge is 0.496 e. The summed E-state index contributed by atoms with van der Waals surface area (Å²) in [6.07, 6.45) is -0.706. The van der Waals surface area contributed by atoms with E-state index in [4.69, 9.17) is 9.47 Å². The molecule has 1 aliphatic heterocycles. The van der Waals surface area contributed by atoms with Crippen LogP contribution in [0.4, 0.5) is 11.4 Å². The molecule has 6 nitrogen and oxygen atoms in total. The summed E-state index contributed by atoms with van der Waals surface area (Å²) in [4.78, 5) is 25.0. The molecule has 0 bridgehead atoms. The number of carbonyl (C=O) groups excluding carboxylic acids is 2. The van der Waals surface area contributed by atoms with Gasteiger partial charge in [-0.05, 0) is 30.3 Å². The van der Waals surface area contributed by atoms with Gasteiger partial charge in [-0.15, -0.1) is 0 Å². The predicted molar refractivity (Wildman–Crippen MR) is 106 cm³/mol. The molecule has 0 spiro atoms. The molecule has 2 N–H and O–H groups in total. The van der Waals surface area contributed by atoms with Crippen LogP contribution in [-0.4, -0.2) is 18.9 Å². The molecule has 0 aromatic heterocycles. The Hall–Kier alpha value is -3.80. The number of carbonyl (C=O) groups is 2. The normalized spacial score (nSPS) is 15.0. The van der Waals surface area contributed by atoms with Gasteiger partial charge in [0.05, 0.1) is 18.4 Å². The van der Waals surface area contributed by atoms with Crippen molar-refractivity contribution in [2.24, 2.45) is 0 Å². The maximum atomic E-state index is 12.6. The Morgan fingerprint density at radius 1 is 1.04 bits per heavy atom. The summed E-state index contributed by atoms with van der Waals surface area (Å²) >= 11 is 0. The number of ether oxygens (including phenoxy) is 2. The lowest BCUT2D eigenvalue weighted by Gasteiger charge is -2.26. The summed E-state index contributed by atoms with van der Waals surface area (Å²) in [6, 6.07) is 21.4. The fourth-order valence-corrected chi connectivity index (χ4v) is 3.06. The zero-order valence-corrected chi connectivity index (χ0v) is 15.1. The molecule has 1 heterocycles. The first-order chi connectivity index (χ1) is 13.7. The van der Waals surface area contributed by atoms with E-state index >= 15 is 0 Å². The molecule has 140 valence electrons. The fraction of sp³-hybridized carbons (Fsp3) is 0.0909. The summed E-state index contributed by atoms with van der Waals surface area (Å²) in [7, 11) is 1.51. The lowest BCUT2D eigenvalue weighted by molar-refractivity contribution is -0.123. The average Bonchev–Trinajstić information content (AvgIpc) is 2.73. The fourth-order valence-electron chi connectivity index (χ4n) is 3.06. The highest BCUT2D eigenvalue weighted by molar-refractivity contribution is 6.07. The van der Waals surface area contributed by atoms with Crippen LogP contribution in [0.5, 0.6) is 11.5 Å². The van der Waals surface area contributed by atoms with Crippen molar-refractivity contribution in [1.82, 2.24) is 0 Å². The minimum atomic E-state index is -0.706. The monoisotopic (exact) mass is 374 g/mol. The van der Waals surface area contributed by atoms with Gasteiger partial charge in [0.15, 0.2) is 0 Å². The van der Waals surface area contributed by atoms with Gasteiger partial charge in [-0.3, -0.25) is 9.59 Å². The summed E-state index contributed by atoms with van der Waals surface area (Å²) in [5.74, 6) is 0.471. The molecular weight excluding hydrogens is 356 g/mol. The summed E-state index contributed by atoms with van der Waals surface area (Å²) in [5.41, 5.74) is 2.25. The Morgan fingerprint density at radius 3 is 2.57 bits per heavy atom. The Bertz CT molecular complexity index is 1030. The summed E-state index contributed by atoms with van der Waals surface area (Å²) in [6.45, 7) is 0. The average molecular weight is 374 g/mol. The third kappa shape index (κ3) is 3.40. The van der Waals surface area contributed by atoms with Gasteiger partial charge in [-0.1, -0.05) is 42.5 Å². The predicted octanol–water partition coefficient (Wildman–Crippen LogP) is 4.02. The molecule has 0 fully saturated rings. The molecule has 1 unspecified atom stereocenters. The quantitative estimate of drug-likeness (QED) is 0.723. The van der Waals surface area contributed by atoms with E-state index in [1.54, 1.807) is 42.5 Å². The lowest BCUT2D eigenvalue weighted by atomic mass is 10.1. The van der Waals surface area contributed by atoms with Gasteiger partial charge in [-0.25, -0.2) is 0 Å². The second kappa shape index (κ2) is 7.44. The van der Waals surface area contributed by atoms with Crippen LogP contribution in [0.25, 0.3) is 0 Å². The van der Waals surface area contributed by atoms with E-state index in [-0.39, 0.29) is 11.8 Å². The molecule has 0 saturated carbocycles. The van der Waals surface area contributed by atoms with Crippen LogP contribution >= 0.6 is 0 Å². The standard InChI is InChI=1S/C22H18N2O4/c1-27-18-10-6-5-9-16(18)21(25)23-15-11-12-19-17(13-15)24-22(26)20(28-19)14-7-3-2-4-8-14/h2-13,20H,1H3,(H,23,25)(H,24,26). The Balaban J connectivity index is 1.55. The van der Waals surface area contributed by atoms with Crippen molar-refractivity contribution in [3.05, 3.63) is 83.9 Å². The molecule has 0 aliphatic carbocycles. The number of amides is 2. The van der Waals surface area contributed by atoms with E-state index < -0.39 is 6.10 Å². The van der Waals surface area contributed by atoms with Gasteiger partial charge in [-0.2, -0.15) is 0 Å². The number of benzene rings is 3. The van der Waals surface area contributed by atoms with Gasteiger partial charge in [0.1, 0.15) is 11.5 Å². The van der Waals surface area contributed by atoms with E-state index in [1.165, 1.54) is 7.11 Å². The molecule has 0 saturated heterocycles. The molecule has 2 amide bonds. The van der Waals surface area contributed by atoms with E-state index in [0.717, 1.165) is 5.56 Å². The van der Waals surface area contributed by atoms with Crippen molar-refractivity contribution in [1.29, 1.82) is 0 Å². The second-order valence-corrected chi connectivity index (χ2v) is 6.26. The summed E-state index contributed by atoms with van der Waals surface area (Å²) < 4.78 is 11.1. The molecule has 6 heteroatoms. The van der Waals surface area contributed by atoms with Gasteiger partial charge in [0.2, 0.25) is 6.10 Å². The number of hydrogen-bond donors (Lipinski definition) is 2. The molecular formula is C22H18N2O4. The van der Waals surface area contributed by atoms with Crippen LogP contribution in [0.2, 0.25) is 0 Å². The van der Waals surface area contributed by atoms with E-state index in [9.17, 15) is 9.59 Å². The zero-order chi connectivity index (χ0) is 19.5. The van der Waals surface area contributed by atoms with E-state index in [2.05, 4.69) is 10.6 Å². The molecule has 28 heavy (non-hydrogen) atoms. The highest BCUT2D eigenvalue weighted by Crippen LogP contribution is 2.36. The van der Waals surface area contributed by atoms with Crippen molar-refractivity contribution in [3.63, 3.8) is 0 Å². The molecule has 3 aromatic carbocycles. The molecule has 0 radical (unpaired) electrons. The highest BCUT2D eigenvalue weighted by atomic mass is 16.5. The molecule has 4 rings (SSSR count). The van der Waals surface area contributed by atoms with Gasteiger partial charge < -0.3 is 20.1 Å². The van der Waals surface area contributed by atoms with Crippen molar-refractivity contribution >= 4 is 23.2 Å². The van der Waals surface area contributed by atoms with Gasteiger partial charge >= 0.3 is 0 Å². The van der Waals surface area contributed by atoms with Gasteiger partial charge in [0, 0.05) is 11.3 Å². The first kappa shape index (κ1) is 17.6. The van der Waals surface area contributed by atoms with Crippen LogP contribution < -0.4 is 20.1 Å². The van der Waals surface area contributed by atoms with Crippen LogP contribution in [0, 0.1) is 0 Å². The maximum Gasteiger partial charge on any atom is 0.270 e. The topological polar surface area (TPSA) is 76.7 Å². The Morgan fingerprint density at radius 2 is 1.79 bits per heavy atom. The number of anilines is 2. The Kier molecular flexibility index (Phi) is 4.68. The number of para-hydroxylation sites is 1. The smallest absolute Gasteiger partial charge is 0.270 e. The number of methoxy groups -OCH3 is 1. The number of fused-ring (bicyclic) bond motifs is 1. The Labute approximate surface area is 162 Å². The third-order valence-corrected chi connectivity index (χ3v) is 4.43. The number of rotatable bonds is 4. The van der Waals surface area contributed by atoms with Crippen LogP contribution in [0.1, 0.15) is 22.0 Å². The van der Waals surface area contributed by atoms with Gasteiger partial charge in [0.25, 0.3) is 11.8 Å². The maximum absolute atomic E-state index is 12.6. The second-order valence-electron chi connectivity index (χ2n) is 6.26. The van der Waals surface area contributed by atoms with Crippen LogP contribution in [0.15, 0.2) is 72.8 Å².